The minimum absolute atomic E-state index is 0.0343. The number of hydrogen-bond acceptors (Lipinski definition) is 2. The van der Waals surface area contributed by atoms with Crippen molar-refractivity contribution in [2.24, 2.45) is 5.92 Å². The Morgan fingerprint density at radius 1 is 1.08 bits per heavy atom. The van der Waals surface area contributed by atoms with Crippen LogP contribution < -0.4 is 10.2 Å². The average Bonchev–Trinajstić information content (AvgIpc) is 2.92. The molecule has 26 heavy (non-hydrogen) atoms. The first kappa shape index (κ1) is 18.5. The fraction of sp³-hybridized carbons (Fsp3) is 0.333. The number of halogens is 1. The average molecular weight is 371 g/mol. The van der Waals surface area contributed by atoms with Gasteiger partial charge in [-0.25, -0.2) is 0 Å². The molecule has 0 saturated carbocycles. The van der Waals surface area contributed by atoms with E-state index in [1.165, 1.54) is 5.56 Å². The number of nitrogens with one attached hydrogen (secondary N) is 1. The van der Waals surface area contributed by atoms with Crippen LogP contribution in [0.1, 0.15) is 28.7 Å². The van der Waals surface area contributed by atoms with Crippen molar-refractivity contribution in [2.45, 2.75) is 34.1 Å². The first-order valence-corrected chi connectivity index (χ1v) is 9.09. The summed E-state index contributed by atoms with van der Waals surface area (Å²) in [6.45, 7) is 8.31. The fourth-order valence-corrected chi connectivity index (χ4v) is 3.87. The predicted molar refractivity (Wildman–Crippen MR) is 106 cm³/mol. The zero-order valence-electron chi connectivity index (χ0n) is 15.5. The second-order valence-corrected chi connectivity index (χ2v) is 7.54. The molecule has 4 nitrogen and oxygen atoms in total. The molecule has 1 atom stereocenters. The summed E-state index contributed by atoms with van der Waals surface area (Å²) in [5.74, 6) is -0.506. The zero-order chi connectivity index (χ0) is 19.0. The Labute approximate surface area is 159 Å². The summed E-state index contributed by atoms with van der Waals surface area (Å²) in [7, 11) is 0. The highest BCUT2D eigenvalue weighted by atomic mass is 35.5. The van der Waals surface area contributed by atoms with Crippen molar-refractivity contribution in [1.29, 1.82) is 0 Å². The van der Waals surface area contributed by atoms with Crippen LogP contribution in [0, 0.1) is 33.6 Å². The molecule has 0 aliphatic carbocycles. The van der Waals surface area contributed by atoms with Gasteiger partial charge in [0.15, 0.2) is 0 Å². The highest BCUT2D eigenvalue weighted by Crippen LogP contribution is 2.31. The minimum Gasteiger partial charge on any atom is -0.325 e. The second-order valence-electron chi connectivity index (χ2n) is 7.10. The van der Waals surface area contributed by atoms with E-state index in [2.05, 4.69) is 5.32 Å². The number of nitrogens with zero attached hydrogens (tertiary/aromatic N) is 1. The van der Waals surface area contributed by atoms with Crippen LogP contribution in [-0.4, -0.2) is 18.4 Å². The van der Waals surface area contributed by atoms with Gasteiger partial charge >= 0.3 is 0 Å². The summed E-state index contributed by atoms with van der Waals surface area (Å²) in [6.07, 6.45) is 0.220. The Hall–Kier alpha value is -2.33. The van der Waals surface area contributed by atoms with E-state index in [0.29, 0.717) is 11.6 Å². The summed E-state index contributed by atoms with van der Waals surface area (Å²) < 4.78 is 0. The molecule has 0 bridgehead atoms. The number of aryl methyl sites for hydroxylation is 4. The quantitative estimate of drug-likeness (QED) is 0.860. The molecule has 2 aromatic carbocycles. The van der Waals surface area contributed by atoms with Crippen molar-refractivity contribution < 1.29 is 9.59 Å². The molecular formula is C21H23ClN2O2. The van der Waals surface area contributed by atoms with E-state index < -0.39 is 0 Å². The smallest absolute Gasteiger partial charge is 0.229 e. The molecule has 0 aromatic heterocycles. The molecule has 0 spiro atoms. The summed E-state index contributed by atoms with van der Waals surface area (Å²) in [5.41, 5.74) is 5.82. The van der Waals surface area contributed by atoms with Gasteiger partial charge in [0.25, 0.3) is 0 Å². The molecule has 1 heterocycles. The zero-order valence-corrected chi connectivity index (χ0v) is 16.3. The lowest BCUT2D eigenvalue weighted by molar-refractivity contribution is -0.122. The second kappa shape index (κ2) is 7.12. The third kappa shape index (κ3) is 3.61. The van der Waals surface area contributed by atoms with Gasteiger partial charge in [0, 0.05) is 29.4 Å². The molecule has 1 aliphatic rings. The van der Waals surface area contributed by atoms with Crippen LogP contribution in [0.25, 0.3) is 0 Å². The third-order valence-corrected chi connectivity index (χ3v) is 5.11. The Kier molecular flexibility index (Phi) is 5.05. The van der Waals surface area contributed by atoms with Gasteiger partial charge in [0.05, 0.1) is 5.92 Å². The third-order valence-electron chi connectivity index (χ3n) is 4.87. The highest BCUT2D eigenvalue weighted by molar-refractivity contribution is 6.30. The predicted octanol–water partition coefficient (Wildman–Crippen LogP) is 4.57. The molecule has 1 unspecified atom stereocenters. The van der Waals surface area contributed by atoms with Crippen LogP contribution >= 0.6 is 11.6 Å². The van der Waals surface area contributed by atoms with Gasteiger partial charge in [-0.05, 0) is 62.6 Å². The number of carbonyl (C=O) groups is 2. The lowest BCUT2D eigenvalue weighted by Crippen LogP contribution is -2.28. The first-order valence-electron chi connectivity index (χ1n) is 8.71. The molecule has 1 N–H and O–H groups in total. The van der Waals surface area contributed by atoms with E-state index in [1.54, 1.807) is 11.0 Å². The number of carbonyl (C=O) groups excluding carboxylic acids is 2. The van der Waals surface area contributed by atoms with Crippen molar-refractivity contribution in [3.05, 3.63) is 57.6 Å². The first-order chi connectivity index (χ1) is 12.3. The lowest BCUT2D eigenvalue weighted by Gasteiger charge is -2.19. The van der Waals surface area contributed by atoms with Gasteiger partial charge in [-0.3, -0.25) is 9.59 Å². The van der Waals surface area contributed by atoms with Gasteiger partial charge in [0.1, 0.15) is 0 Å². The van der Waals surface area contributed by atoms with Gasteiger partial charge in [-0.15, -0.1) is 0 Å². The number of benzene rings is 2. The molecular weight excluding hydrogens is 348 g/mol. The molecule has 5 heteroatoms. The number of anilines is 2. The SMILES string of the molecule is Cc1cc(C)c(NC(=O)C2CC(=O)N(c3ccc(Cl)cc3C)C2)c(C)c1. The maximum Gasteiger partial charge on any atom is 0.229 e. The normalized spacial score (nSPS) is 16.9. The van der Waals surface area contributed by atoms with Crippen LogP contribution in [0.4, 0.5) is 11.4 Å². The van der Waals surface area contributed by atoms with Crippen LogP contribution in [0.5, 0.6) is 0 Å². The van der Waals surface area contributed by atoms with E-state index >= 15 is 0 Å². The molecule has 1 saturated heterocycles. The largest absolute Gasteiger partial charge is 0.325 e. The number of hydrogen-bond donors (Lipinski definition) is 1. The van der Waals surface area contributed by atoms with E-state index in [4.69, 9.17) is 11.6 Å². The molecule has 3 rings (SSSR count). The molecule has 136 valence electrons. The van der Waals surface area contributed by atoms with Gasteiger partial charge < -0.3 is 10.2 Å². The molecule has 1 fully saturated rings. The summed E-state index contributed by atoms with van der Waals surface area (Å²) in [6, 6.07) is 9.53. The van der Waals surface area contributed by atoms with Crippen molar-refractivity contribution >= 4 is 34.8 Å². The molecule has 0 radical (unpaired) electrons. The number of amides is 2. The van der Waals surface area contributed by atoms with Crippen LogP contribution in [-0.2, 0) is 9.59 Å². The maximum atomic E-state index is 12.8. The fourth-order valence-electron chi connectivity index (χ4n) is 3.64. The lowest BCUT2D eigenvalue weighted by atomic mass is 10.0. The monoisotopic (exact) mass is 370 g/mol. The maximum absolute atomic E-state index is 12.8. The standard InChI is InChI=1S/C21H23ClN2O2/c1-12-7-14(3)20(15(4)8-12)23-21(26)16-10-19(25)24(11-16)18-6-5-17(22)9-13(18)2/h5-9,16H,10-11H2,1-4H3,(H,23,26). The van der Waals surface area contributed by atoms with Crippen molar-refractivity contribution in [3.63, 3.8) is 0 Å². The Bertz CT molecular complexity index is 869. The van der Waals surface area contributed by atoms with E-state index in [0.717, 1.165) is 28.1 Å². The summed E-state index contributed by atoms with van der Waals surface area (Å²) in [4.78, 5) is 26.9. The van der Waals surface area contributed by atoms with Crippen molar-refractivity contribution in [1.82, 2.24) is 0 Å². The molecule has 2 aromatic rings. The van der Waals surface area contributed by atoms with Crippen LogP contribution in [0.3, 0.4) is 0 Å². The van der Waals surface area contributed by atoms with Crippen molar-refractivity contribution in [3.8, 4) is 0 Å². The molecule has 2 amide bonds. The molecule has 1 aliphatic heterocycles. The highest BCUT2D eigenvalue weighted by Gasteiger charge is 2.36. The Morgan fingerprint density at radius 3 is 2.35 bits per heavy atom. The minimum atomic E-state index is -0.363. The van der Waals surface area contributed by atoms with Gasteiger partial charge in [-0.1, -0.05) is 29.3 Å². The topological polar surface area (TPSA) is 49.4 Å². The summed E-state index contributed by atoms with van der Waals surface area (Å²) >= 11 is 6.00. The van der Waals surface area contributed by atoms with Gasteiger partial charge in [0.2, 0.25) is 11.8 Å². The van der Waals surface area contributed by atoms with Gasteiger partial charge in [-0.2, -0.15) is 0 Å². The van der Waals surface area contributed by atoms with Crippen LogP contribution in [0.2, 0.25) is 5.02 Å². The van der Waals surface area contributed by atoms with E-state index in [1.807, 2.05) is 52.0 Å². The number of rotatable bonds is 3. The summed E-state index contributed by atoms with van der Waals surface area (Å²) in [5, 5.41) is 3.66. The Balaban J connectivity index is 1.77. The van der Waals surface area contributed by atoms with E-state index in [-0.39, 0.29) is 24.2 Å². The van der Waals surface area contributed by atoms with E-state index in [9.17, 15) is 9.59 Å². The van der Waals surface area contributed by atoms with Crippen molar-refractivity contribution in [2.75, 3.05) is 16.8 Å². The van der Waals surface area contributed by atoms with Crippen LogP contribution in [0.15, 0.2) is 30.3 Å². The Morgan fingerprint density at radius 2 is 1.73 bits per heavy atom.